The predicted octanol–water partition coefficient (Wildman–Crippen LogP) is 1.44. The summed E-state index contributed by atoms with van der Waals surface area (Å²) >= 11 is 0. The van der Waals surface area contributed by atoms with Crippen LogP contribution in [0.5, 0.6) is 0 Å². The number of rotatable bonds is 4. The minimum absolute atomic E-state index is 0.0891. The first-order chi connectivity index (χ1) is 11.0. The van der Waals surface area contributed by atoms with Crippen LogP contribution in [0.2, 0.25) is 0 Å². The average Bonchev–Trinajstić information content (AvgIpc) is 2.99. The zero-order valence-electron chi connectivity index (χ0n) is 12.8. The summed E-state index contributed by atoms with van der Waals surface area (Å²) in [6.45, 7) is 2.88. The molecule has 0 aliphatic carbocycles. The van der Waals surface area contributed by atoms with Crippen molar-refractivity contribution in [3.8, 4) is 0 Å². The molecule has 0 radical (unpaired) electrons. The second kappa shape index (κ2) is 6.27. The lowest BCUT2D eigenvalue weighted by Crippen LogP contribution is -2.36. The van der Waals surface area contributed by atoms with Crippen molar-refractivity contribution >= 4 is 32.4 Å². The molecule has 122 valence electrons. The van der Waals surface area contributed by atoms with E-state index in [0.717, 1.165) is 13.0 Å². The topological polar surface area (TPSA) is 87.3 Å². The SMILES string of the molecule is CC(=O)Nc1ccc(S(=O)(=O)NC2CCNC2)c2ccccc12. The molecule has 1 heterocycles. The maximum atomic E-state index is 12.7. The van der Waals surface area contributed by atoms with E-state index in [1.165, 1.54) is 13.0 Å². The lowest BCUT2D eigenvalue weighted by Gasteiger charge is -2.15. The zero-order chi connectivity index (χ0) is 16.4. The number of hydrogen-bond donors (Lipinski definition) is 3. The fraction of sp³-hybridized carbons (Fsp3) is 0.312. The van der Waals surface area contributed by atoms with Crippen LogP contribution in [-0.2, 0) is 14.8 Å². The fourth-order valence-corrected chi connectivity index (χ4v) is 4.32. The molecule has 1 saturated heterocycles. The van der Waals surface area contributed by atoms with E-state index in [1.54, 1.807) is 24.3 Å². The Morgan fingerprint density at radius 2 is 1.91 bits per heavy atom. The molecule has 1 fully saturated rings. The summed E-state index contributed by atoms with van der Waals surface area (Å²) in [4.78, 5) is 11.6. The van der Waals surface area contributed by atoms with E-state index < -0.39 is 10.0 Å². The fourth-order valence-electron chi connectivity index (χ4n) is 2.84. The molecule has 0 bridgehead atoms. The van der Waals surface area contributed by atoms with Crippen LogP contribution in [0.15, 0.2) is 41.3 Å². The summed E-state index contributed by atoms with van der Waals surface area (Å²) in [6.07, 6.45) is 0.779. The van der Waals surface area contributed by atoms with E-state index in [4.69, 9.17) is 0 Å². The maximum Gasteiger partial charge on any atom is 0.241 e. The predicted molar refractivity (Wildman–Crippen MR) is 89.8 cm³/mol. The number of carbonyl (C=O) groups excluding carboxylic acids is 1. The minimum Gasteiger partial charge on any atom is -0.326 e. The molecule has 1 atom stereocenters. The number of anilines is 1. The maximum absolute atomic E-state index is 12.7. The van der Waals surface area contributed by atoms with Gasteiger partial charge in [0.1, 0.15) is 0 Å². The third-order valence-electron chi connectivity index (χ3n) is 3.87. The lowest BCUT2D eigenvalue weighted by atomic mass is 10.1. The number of nitrogens with one attached hydrogen (secondary N) is 3. The highest BCUT2D eigenvalue weighted by atomic mass is 32.2. The summed E-state index contributed by atoms with van der Waals surface area (Å²) in [7, 11) is -3.62. The Labute approximate surface area is 135 Å². The van der Waals surface area contributed by atoms with E-state index in [9.17, 15) is 13.2 Å². The van der Waals surface area contributed by atoms with Gasteiger partial charge in [0.05, 0.1) is 4.90 Å². The van der Waals surface area contributed by atoms with E-state index in [0.29, 0.717) is 23.0 Å². The number of carbonyl (C=O) groups is 1. The summed E-state index contributed by atoms with van der Waals surface area (Å²) in [5.74, 6) is -0.194. The van der Waals surface area contributed by atoms with E-state index in [2.05, 4.69) is 15.4 Å². The molecule has 3 N–H and O–H groups in total. The monoisotopic (exact) mass is 333 g/mol. The first kappa shape index (κ1) is 15.9. The van der Waals surface area contributed by atoms with Gasteiger partial charge in [-0.05, 0) is 25.1 Å². The molecule has 1 aliphatic rings. The third-order valence-corrected chi connectivity index (χ3v) is 5.45. The second-order valence-electron chi connectivity index (χ2n) is 5.65. The smallest absolute Gasteiger partial charge is 0.241 e. The Morgan fingerprint density at radius 3 is 2.57 bits per heavy atom. The van der Waals surface area contributed by atoms with Gasteiger partial charge < -0.3 is 10.6 Å². The van der Waals surface area contributed by atoms with Crippen molar-refractivity contribution in [2.75, 3.05) is 18.4 Å². The molecule has 23 heavy (non-hydrogen) atoms. The molecule has 2 aromatic rings. The summed E-state index contributed by atoms with van der Waals surface area (Å²) in [5, 5.41) is 7.17. The number of amides is 1. The van der Waals surface area contributed by atoms with Crippen LogP contribution >= 0.6 is 0 Å². The molecule has 3 rings (SSSR count). The molecule has 2 aromatic carbocycles. The van der Waals surface area contributed by atoms with Crippen LogP contribution in [0.1, 0.15) is 13.3 Å². The Balaban J connectivity index is 2.06. The van der Waals surface area contributed by atoms with E-state index in [-0.39, 0.29) is 16.8 Å². The van der Waals surface area contributed by atoms with Crippen LogP contribution in [-0.4, -0.2) is 33.5 Å². The summed E-state index contributed by atoms with van der Waals surface area (Å²) < 4.78 is 28.2. The Hall–Kier alpha value is -1.96. The first-order valence-electron chi connectivity index (χ1n) is 7.50. The van der Waals surface area contributed by atoms with Crippen LogP contribution in [0, 0.1) is 0 Å². The normalized spacial score (nSPS) is 18.2. The highest BCUT2D eigenvalue weighted by Crippen LogP contribution is 2.29. The van der Waals surface area contributed by atoms with Gasteiger partial charge in [0, 0.05) is 36.0 Å². The standard InChI is InChI=1S/C16H19N3O3S/c1-11(20)18-15-6-7-16(14-5-3-2-4-13(14)15)23(21,22)19-12-8-9-17-10-12/h2-7,12,17,19H,8-10H2,1H3,(H,18,20). The second-order valence-corrected chi connectivity index (χ2v) is 7.33. The van der Waals surface area contributed by atoms with Gasteiger partial charge in [-0.1, -0.05) is 24.3 Å². The molecule has 1 aliphatic heterocycles. The van der Waals surface area contributed by atoms with Crippen molar-refractivity contribution < 1.29 is 13.2 Å². The lowest BCUT2D eigenvalue weighted by molar-refractivity contribution is -0.114. The van der Waals surface area contributed by atoms with E-state index >= 15 is 0 Å². The highest BCUT2D eigenvalue weighted by molar-refractivity contribution is 7.89. The van der Waals surface area contributed by atoms with Gasteiger partial charge in [0.15, 0.2) is 0 Å². The molecular weight excluding hydrogens is 314 g/mol. The number of fused-ring (bicyclic) bond motifs is 1. The van der Waals surface area contributed by atoms with Gasteiger partial charge in [-0.2, -0.15) is 0 Å². The molecule has 7 heteroatoms. The van der Waals surface area contributed by atoms with E-state index in [1.807, 2.05) is 6.07 Å². The molecule has 1 unspecified atom stereocenters. The van der Waals surface area contributed by atoms with Crippen molar-refractivity contribution in [2.24, 2.45) is 0 Å². The summed E-state index contributed by atoms with van der Waals surface area (Å²) in [5.41, 5.74) is 0.606. The van der Waals surface area contributed by atoms with Gasteiger partial charge in [0.25, 0.3) is 0 Å². The summed E-state index contributed by atoms with van der Waals surface area (Å²) in [6, 6.07) is 10.2. The van der Waals surface area contributed by atoms with Gasteiger partial charge in [-0.25, -0.2) is 13.1 Å². The third kappa shape index (κ3) is 3.36. The Bertz CT molecular complexity index is 843. The van der Waals surface area contributed by atoms with Crippen molar-refractivity contribution in [2.45, 2.75) is 24.3 Å². The number of benzene rings is 2. The van der Waals surface area contributed by atoms with Crippen LogP contribution in [0.3, 0.4) is 0 Å². The van der Waals surface area contributed by atoms with Gasteiger partial charge in [0.2, 0.25) is 15.9 Å². The molecule has 6 nitrogen and oxygen atoms in total. The Kier molecular flexibility index (Phi) is 4.34. The van der Waals surface area contributed by atoms with Crippen LogP contribution in [0.25, 0.3) is 10.8 Å². The molecule has 0 spiro atoms. The molecule has 0 saturated carbocycles. The number of sulfonamides is 1. The number of hydrogen-bond acceptors (Lipinski definition) is 4. The van der Waals surface area contributed by atoms with Crippen molar-refractivity contribution in [1.82, 2.24) is 10.0 Å². The van der Waals surface area contributed by atoms with Gasteiger partial charge in [-0.3, -0.25) is 4.79 Å². The quantitative estimate of drug-likeness (QED) is 0.790. The van der Waals surface area contributed by atoms with Crippen LogP contribution in [0.4, 0.5) is 5.69 Å². The average molecular weight is 333 g/mol. The van der Waals surface area contributed by atoms with Crippen molar-refractivity contribution in [3.63, 3.8) is 0 Å². The van der Waals surface area contributed by atoms with Gasteiger partial charge >= 0.3 is 0 Å². The largest absolute Gasteiger partial charge is 0.326 e. The Morgan fingerprint density at radius 1 is 1.17 bits per heavy atom. The molecule has 1 amide bonds. The van der Waals surface area contributed by atoms with Crippen molar-refractivity contribution in [1.29, 1.82) is 0 Å². The highest BCUT2D eigenvalue weighted by Gasteiger charge is 2.24. The molecular formula is C16H19N3O3S. The molecule has 0 aromatic heterocycles. The minimum atomic E-state index is -3.62. The first-order valence-corrected chi connectivity index (χ1v) is 8.98. The van der Waals surface area contributed by atoms with Gasteiger partial charge in [-0.15, -0.1) is 0 Å². The zero-order valence-corrected chi connectivity index (χ0v) is 13.6. The van der Waals surface area contributed by atoms with Crippen molar-refractivity contribution in [3.05, 3.63) is 36.4 Å². The van der Waals surface area contributed by atoms with Crippen LogP contribution < -0.4 is 15.4 Å².